The Hall–Kier alpha value is -1.06. The first-order valence-corrected chi connectivity index (χ1v) is 8.54. The third kappa shape index (κ3) is 2.27. The molecule has 2 heterocycles. The second kappa shape index (κ2) is 5.29. The van der Waals surface area contributed by atoms with E-state index in [1.165, 1.54) is 56.4 Å². The quantitative estimate of drug-likeness (QED) is 0.860. The van der Waals surface area contributed by atoms with Crippen LogP contribution < -0.4 is 0 Å². The van der Waals surface area contributed by atoms with Gasteiger partial charge in [-0.15, -0.1) is 0 Å². The Kier molecular flexibility index (Phi) is 3.43. The Labute approximate surface area is 127 Å². The van der Waals surface area contributed by atoms with E-state index in [4.69, 9.17) is 0 Å². The lowest BCUT2D eigenvalue weighted by molar-refractivity contribution is 0.0216. The van der Waals surface area contributed by atoms with Gasteiger partial charge in [-0.2, -0.15) is 0 Å². The maximum atomic E-state index is 10.2. The van der Waals surface area contributed by atoms with E-state index in [9.17, 15) is 5.11 Å². The van der Waals surface area contributed by atoms with E-state index in [2.05, 4.69) is 22.8 Å². The number of hydrogen-bond donors (Lipinski definition) is 1. The molecule has 0 amide bonds. The lowest BCUT2D eigenvalue weighted by Gasteiger charge is -2.47. The van der Waals surface area contributed by atoms with Gasteiger partial charge in [0.1, 0.15) is 5.75 Å². The number of hydrogen-bond acceptors (Lipinski definition) is 3. The van der Waals surface area contributed by atoms with Crippen LogP contribution >= 0.6 is 0 Å². The topological polar surface area (TPSA) is 26.7 Å². The average molecular weight is 286 g/mol. The molecule has 3 aliphatic rings. The second-order valence-electron chi connectivity index (χ2n) is 7.09. The van der Waals surface area contributed by atoms with Crippen LogP contribution in [0.1, 0.15) is 49.8 Å². The minimum atomic E-state index is 0.504. The van der Waals surface area contributed by atoms with Gasteiger partial charge in [0.05, 0.1) is 0 Å². The Morgan fingerprint density at radius 3 is 2.95 bits per heavy atom. The van der Waals surface area contributed by atoms with Crippen molar-refractivity contribution in [2.45, 2.75) is 57.2 Å². The fourth-order valence-electron chi connectivity index (χ4n) is 4.79. The minimum Gasteiger partial charge on any atom is -0.508 e. The van der Waals surface area contributed by atoms with E-state index in [0.717, 1.165) is 12.5 Å². The summed E-state index contributed by atoms with van der Waals surface area (Å²) in [5.41, 5.74) is 2.59. The minimum absolute atomic E-state index is 0.504. The predicted molar refractivity (Wildman–Crippen MR) is 84.5 cm³/mol. The van der Waals surface area contributed by atoms with Gasteiger partial charge in [-0.3, -0.25) is 9.80 Å². The lowest BCUT2D eigenvalue weighted by atomic mass is 9.85. The van der Waals surface area contributed by atoms with Gasteiger partial charge < -0.3 is 5.11 Å². The SMILES string of the molecule is CC1CN2CCCC2CN1C1CCCc2c(O)cccc21. The molecule has 0 radical (unpaired) electrons. The molecule has 0 saturated carbocycles. The van der Waals surface area contributed by atoms with Gasteiger partial charge in [0.15, 0.2) is 0 Å². The van der Waals surface area contributed by atoms with Crippen molar-refractivity contribution in [1.29, 1.82) is 0 Å². The molecular formula is C18H26N2O. The first-order chi connectivity index (χ1) is 10.2. The normalized spacial score (nSPS) is 33.7. The Bertz CT molecular complexity index is 530. The van der Waals surface area contributed by atoms with Crippen LogP contribution in [0.5, 0.6) is 5.75 Å². The Morgan fingerprint density at radius 2 is 2.05 bits per heavy atom. The molecule has 1 aromatic rings. The highest BCUT2D eigenvalue weighted by molar-refractivity contribution is 5.42. The summed E-state index contributed by atoms with van der Waals surface area (Å²) in [5, 5.41) is 10.2. The monoisotopic (exact) mass is 286 g/mol. The van der Waals surface area contributed by atoms with Crippen LogP contribution in [0.3, 0.4) is 0 Å². The zero-order chi connectivity index (χ0) is 14.4. The van der Waals surface area contributed by atoms with E-state index in [0.29, 0.717) is 17.8 Å². The van der Waals surface area contributed by atoms with Crippen LogP contribution in [0.4, 0.5) is 0 Å². The van der Waals surface area contributed by atoms with Crippen molar-refractivity contribution in [3.8, 4) is 5.75 Å². The summed E-state index contributed by atoms with van der Waals surface area (Å²) in [6, 6.07) is 8.01. The highest BCUT2D eigenvalue weighted by Gasteiger charge is 2.39. The van der Waals surface area contributed by atoms with Crippen molar-refractivity contribution >= 4 is 0 Å². The molecule has 1 N–H and O–H groups in total. The van der Waals surface area contributed by atoms with Crippen LogP contribution in [-0.2, 0) is 6.42 Å². The number of phenols is 1. The fraction of sp³-hybridized carbons (Fsp3) is 0.667. The second-order valence-corrected chi connectivity index (χ2v) is 7.09. The maximum absolute atomic E-state index is 10.2. The molecule has 1 aliphatic carbocycles. The average Bonchev–Trinajstić information content (AvgIpc) is 2.93. The van der Waals surface area contributed by atoms with Gasteiger partial charge in [-0.05, 0) is 62.8 Å². The van der Waals surface area contributed by atoms with Gasteiger partial charge in [0, 0.05) is 31.2 Å². The van der Waals surface area contributed by atoms with Gasteiger partial charge in [0.2, 0.25) is 0 Å². The summed E-state index contributed by atoms with van der Waals surface area (Å²) >= 11 is 0. The summed E-state index contributed by atoms with van der Waals surface area (Å²) in [6.07, 6.45) is 6.22. The standard InChI is InChI=1S/C18H26N2O/c1-13-11-19-10-4-5-14(19)12-20(13)17-8-2-7-16-15(17)6-3-9-18(16)21/h3,6,9,13-14,17,21H,2,4-5,7-8,10-12H2,1H3. The van der Waals surface area contributed by atoms with Crippen molar-refractivity contribution in [1.82, 2.24) is 9.80 Å². The molecule has 3 nitrogen and oxygen atoms in total. The molecule has 3 heteroatoms. The molecule has 2 saturated heterocycles. The molecule has 0 aromatic heterocycles. The molecule has 114 valence electrons. The highest BCUT2D eigenvalue weighted by Crippen LogP contribution is 2.40. The maximum Gasteiger partial charge on any atom is 0.119 e. The summed E-state index contributed by atoms with van der Waals surface area (Å²) in [7, 11) is 0. The summed E-state index contributed by atoms with van der Waals surface area (Å²) in [5.74, 6) is 0.504. The van der Waals surface area contributed by atoms with E-state index >= 15 is 0 Å². The molecule has 3 unspecified atom stereocenters. The molecule has 2 fully saturated rings. The number of rotatable bonds is 1. The van der Waals surface area contributed by atoms with Gasteiger partial charge >= 0.3 is 0 Å². The molecule has 2 aliphatic heterocycles. The number of fused-ring (bicyclic) bond motifs is 2. The third-order valence-electron chi connectivity index (χ3n) is 5.84. The van der Waals surface area contributed by atoms with Crippen molar-refractivity contribution in [3.05, 3.63) is 29.3 Å². The van der Waals surface area contributed by atoms with Crippen LogP contribution in [-0.4, -0.2) is 46.6 Å². The number of aromatic hydroxyl groups is 1. The highest BCUT2D eigenvalue weighted by atomic mass is 16.3. The molecule has 0 spiro atoms. The van der Waals surface area contributed by atoms with Crippen molar-refractivity contribution < 1.29 is 5.11 Å². The van der Waals surface area contributed by atoms with E-state index < -0.39 is 0 Å². The van der Waals surface area contributed by atoms with Crippen molar-refractivity contribution in [2.75, 3.05) is 19.6 Å². The summed E-state index contributed by atoms with van der Waals surface area (Å²) in [6.45, 7) is 6.10. The van der Waals surface area contributed by atoms with Gasteiger partial charge in [-0.25, -0.2) is 0 Å². The molecule has 21 heavy (non-hydrogen) atoms. The number of benzene rings is 1. The third-order valence-corrected chi connectivity index (χ3v) is 5.84. The number of nitrogens with zero attached hydrogens (tertiary/aromatic N) is 2. The summed E-state index contributed by atoms with van der Waals surface area (Å²) in [4.78, 5) is 5.41. The predicted octanol–water partition coefficient (Wildman–Crippen LogP) is 2.94. The zero-order valence-electron chi connectivity index (χ0n) is 13.0. The van der Waals surface area contributed by atoms with E-state index in [-0.39, 0.29) is 0 Å². The van der Waals surface area contributed by atoms with Gasteiger partial charge in [0.25, 0.3) is 0 Å². The molecule has 1 aromatic carbocycles. The van der Waals surface area contributed by atoms with Crippen LogP contribution in [0.25, 0.3) is 0 Å². The molecule has 3 atom stereocenters. The van der Waals surface area contributed by atoms with Crippen LogP contribution in [0, 0.1) is 0 Å². The largest absolute Gasteiger partial charge is 0.508 e. The Balaban J connectivity index is 1.64. The molecule has 4 rings (SSSR count). The zero-order valence-corrected chi connectivity index (χ0v) is 13.0. The van der Waals surface area contributed by atoms with Crippen LogP contribution in [0.15, 0.2) is 18.2 Å². The lowest BCUT2D eigenvalue weighted by Crippen LogP contribution is -2.56. The van der Waals surface area contributed by atoms with E-state index in [1.807, 2.05) is 12.1 Å². The number of piperazine rings is 1. The first kappa shape index (κ1) is 13.6. The molecule has 0 bridgehead atoms. The van der Waals surface area contributed by atoms with Gasteiger partial charge in [-0.1, -0.05) is 12.1 Å². The Morgan fingerprint density at radius 1 is 1.14 bits per heavy atom. The van der Waals surface area contributed by atoms with Crippen molar-refractivity contribution in [2.24, 2.45) is 0 Å². The summed E-state index contributed by atoms with van der Waals surface area (Å²) < 4.78 is 0. The fourth-order valence-corrected chi connectivity index (χ4v) is 4.79. The number of phenolic OH excluding ortho intramolecular Hbond substituents is 1. The van der Waals surface area contributed by atoms with E-state index in [1.54, 1.807) is 0 Å². The smallest absolute Gasteiger partial charge is 0.119 e. The van der Waals surface area contributed by atoms with Crippen LogP contribution in [0.2, 0.25) is 0 Å². The van der Waals surface area contributed by atoms with Crippen molar-refractivity contribution in [3.63, 3.8) is 0 Å². The first-order valence-electron chi connectivity index (χ1n) is 8.54. The molecular weight excluding hydrogens is 260 g/mol.